The molecule has 1 fully saturated rings. The van der Waals surface area contributed by atoms with Crippen LogP contribution >= 0.6 is 0 Å². The van der Waals surface area contributed by atoms with Gasteiger partial charge >= 0.3 is 0 Å². The predicted octanol–water partition coefficient (Wildman–Crippen LogP) is 1.70. The molecule has 0 bridgehead atoms. The van der Waals surface area contributed by atoms with Crippen molar-refractivity contribution in [1.29, 1.82) is 0 Å². The fourth-order valence-corrected chi connectivity index (χ4v) is 2.68. The van der Waals surface area contributed by atoms with Crippen LogP contribution in [0.2, 0.25) is 0 Å². The van der Waals surface area contributed by atoms with Crippen LogP contribution in [0.1, 0.15) is 34.6 Å². The summed E-state index contributed by atoms with van der Waals surface area (Å²) in [6.07, 6.45) is 1.84. The zero-order valence-electron chi connectivity index (χ0n) is 12.8. The Kier molecular flexibility index (Phi) is 3.98. The molecule has 21 heavy (non-hydrogen) atoms. The molecule has 0 radical (unpaired) electrons. The number of nitrogens with one attached hydrogen (secondary N) is 1. The number of aromatic amines is 1. The van der Waals surface area contributed by atoms with Gasteiger partial charge in [-0.3, -0.25) is 10.00 Å². The SMILES string of the molecule is Cc1cc(C)nc(C2CN(Cc3cn[nH]c3C)CCO2)n1. The summed E-state index contributed by atoms with van der Waals surface area (Å²) in [4.78, 5) is 11.4. The Balaban J connectivity index is 1.72. The first-order chi connectivity index (χ1) is 10.1. The van der Waals surface area contributed by atoms with Crippen LogP contribution < -0.4 is 0 Å². The summed E-state index contributed by atoms with van der Waals surface area (Å²) in [5, 5.41) is 7.06. The van der Waals surface area contributed by atoms with Crippen LogP contribution in [0.4, 0.5) is 0 Å². The van der Waals surface area contributed by atoms with Crippen molar-refractivity contribution >= 4 is 0 Å². The summed E-state index contributed by atoms with van der Waals surface area (Å²) in [7, 11) is 0. The Bertz CT molecular complexity index is 604. The van der Waals surface area contributed by atoms with E-state index in [0.29, 0.717) is 6.61 Å². The lowest BCUT2D eigenvalue weighted by Crippen LogP contribution is -2.38. The van der Waals surface area contributed by atoms with Gasteiger partial charge in [-0.25, -0.2) is 9.97 Å². The zero-order chi connectivity index (χ0) is 14.8. The maximum atomic E-state index is 5.86. The summed E-state index contributed by atoms with van der Waals surface area (Å²) in [5.41, 5.74) is 4.34. The molecule has 1 N–H and O–H groups in total. The summed E-state index contributed by atoms with van der Waals surface area (Å²) >= 11 is 0. The molecule has 0 spiro atoms. The van der Waals surface area contributed by atoms with Crippen LogP contribution in [0.15, 0.2) is 12.3 Å². The maximum Gasteiger partial charge on any atom is 0.158 e. The average Bonchev–Trinajstić information content (AvgIpc) is 2.84. The highest BCUT2D eigenvalue weighted by Crippen LogP contribution is 2.21. The van der Waals surface area contributed by atoms with Crippen LogP contribution in [-0.2, 0) is 11.3 Å². The van der Waals surface area contributed by atoms with Gasteiger partial charge in [0, 0.05) is 42.3 Å². The smallest absolute Gasteiger partial charge is 0.158 e. The molecular weight excluding hydrogens is 266 g/mol. The van der Waals surface area contributed by atoms with Crippen molar-refractivity contribution < 1.29 is 4.74 Å². The summed E-state index contributed by atoms with van der Waals surface area (Å²) in [6.45, 7) is 9.36. The number of H-pyrrole nitrogens is 1. The first kappa shape index (κ1) is 14.2. The second-order valence-electron chi connectivity index (χ2n) is 5.62. The highest BCUT2D eigenvalue weighted by atomic mass is 16.5. The minimum atomic E-state index is -0.0513. The Morgan fingerprint density at radius 3 is 2.71 bits per heavy atom. The van der Waals surface area contributed by atoms with Crippen molar-refractivity contribution in [2.75, 3.05) is 19.7 Å². The van der Waals surface area contributed by atoms with E-state index in [0.717, 1.165) is 42.5 Å². The lowest BCUT2D eigenvalue weighted by atomic mass is 10.2. The molecule has 6 nitrogen and oxygen atoms in total. The lowest BCUT2D eigenvalue weighted by molar-refractivity contribution is -0.0374. The number of ether oxygens (including phenoxy) is 1. The van der Waals surface area contributed by atoms with Crippen LogP contribution in [0.25, 0.3) is 0 Å². The molecular formula is C15H21N5O. The van der Waals surface area contributed by atoms with Crippen molar-refractivity contribution in [1.82, 2.24) is 25.1 Å². The van der Waals surface area contributed by atoms with E-state index < -0.39 is 0 Å². The molecule has 1 aliphatic heterocycles. The van der Waals surface area contributed by atoms with Gasteiger partial charge in [-0.05, 0) is 26.8 Å². The molecule has 0 amide bonds. The van der Waals surface area contributed by atoms with Gasteiger partial charge in [0.2, 0.25) is 0 Å². The van der Waals surface area contributed by atoms with E-state index in [1.54, 1.807) is 0 Å². The molecule has 3 rings (SSSR count). The van der Waals surface area contributed by atoms with Crippen molar-refractivity contribution in [2.24, 2.45) is 0 Å². The number of rotatable bonds is 3. The third kappa shape index (κ3) is 3.28. The molecule has 3 heterocycles. The van der Waals surface area contributed by atoms with Crippen molar-refractivity contribution in [2.45, 2.75) is 33.4 Å². The number of morpholine rings is 1. The molecule has 1 saturated heterocycles. The van der Waals surface area contributed by atoms with Gasteiger partial charge in [0.1, 0.15) is 6.10 Å². The van der Waals surface area contributed by atoms with Gasteiger partial charge in [0.15, 0.2) is 5.82 Å². The van der Waals surface area contributed by atoms with E-state index >= 15 is 0 Å². The maximum absolute atomic E-state index is 5.86. The van der Waals surface area contributed by atoms with Gasteiger partial charge in [0.25, 0.3) is 0 Å². The molecule has 1 atom stereocenters. The summed E-state index contributed by atoms with van der Waals surface area (Å²) in [5.74, 6) is 0.793. The zero-order valence-corrected chi connectivity index (χ0v) is 12.8. The molecule has 2 aromatic rings. The van der Waals surface area contributed by atoms with E-state index in [-0.39, 0.29) is 6.10 Å². The lowest BCUT2D eigenvalue weighted by Gasteiger charge is -2.32. The van der Waals surface area contributed by atoms with Crippen LogP contribution in [-0.4, -0.2) is 44.8 Å². The number of aromatic nitrogens is 4. The minimum absolute atomic E-state index is 0.0513. The number of hydrogen-bond donors (Lipinski definition) is 1. The number of nitrogens with zero attached hydrogens (tertiary/aromatic N) is 4. The molecule has 2 aromatic heterocycles. The number of aryl methyl sites for hydroxylation is 3. The van der Waals surface area contributed by atoms with Crippen molar-refractivity contribution in [3.63, 3.8) is 0 Å². The van der Waals surface area contributed by atoms with E-state index in [1.807, 2.05) is 33.0 Å². The van der Waals surface area contributed by atoms with E-state index in [1.165, 1.54) is 5.56 Å². The molecule has 1 unspecified atom stereocenters. The largest absolute Gasteiger partial charge is 0.368 e. The first-order valence-electron chi connectivity index (χ1n) is 7.27. The molecule has 0 aliphatic carbocycles. The van der Waals surface area contributed by atoms with Gasteiger partial charge in [-0.1, -0.05) is 0 Å². The highest BCUT2D eigenvalue weighted by Gasteiger charge is 2.25. The monoisotopic (exact) mass is 287 g/mol. The second-order valence-corrected chi connectivity index (χ2v) is 5.62. The fourth-order valence-electron chi connectivity index (χ4n) is 2.68. The third-order valence-electron chi connectivity index (χ3n) is 3.77. The third-order valence-corrected chi connectivity index (χ3v) is 3.77. The first-order valence-corrected chi connectivity index (χ1v) is 7.27. The summed E-state index contributed by atoms with van der Waals surface area (Å²) in [6, 6.07) is 1.99. The van der Waals surface area contributed by atoms with Gasteiger partial charge in [-0.2, -0.15) is 5.10 Å². The van der Waals surface area contributed by atoms with Crippen LogP contribution in [0, 0.1) is 20.8 Å². The van der Waals surface area contributed by atoms with Gasteiger partial charge in [0.05, 0.1) is 12.8 Å². The van der Waals surface area contributed by atoms with Gasteiger partial charge < -0.3 is 4.74 Å². The second kappa shape index (κ2) is 5.91. The molecule has 1 aliphatic rings. The van der Waals surface area contributed by atoms with Crippen molar-refractivity contribution in [3.8, 4) is 0 Å². The van der Waals surface area contributed by atoms with Crippen LogP contribution in [0.3, 0.4) is 0 Å². The van der Waals surface area contributed by atoms with E-state index in [2.05, 4.69) is 25.1 Å². The standard InChI is InChI=1S/C15H21N5O/c1-10-6-11(2)18-15(17-10)14-9-20(4-5-21-14)8-13-7-16-19-12(13)3/h6-7,14H,4-5,8-9H2,1-3H3,(H,16,19). The van der Waals surface area contributed by atoms with E-state index in [9.17, 15) is 0 Å². The number of hydrogen-bond acceptors (Lipinski definition) is 5. The predicted molar refractivity (Wildman–Crippen MR) is 78.8 cm³/mol. The van der Waals surface area contributed by atoms with Crippen molar-refractivity contribution in [3.05, 3.63) is 40.7 Å². The Labute approximate surface area is 124 Å². The fraction of sp³-hybridized carbons (Fsp3) is 0.533. The molecule has 112 valence electrons. The van der Waals surface area contributed by atoms with Crippen LogP contribution in [0.5, 0.6) is 0 Å². The minimum Gasteiger partial charge on any atom is -0.368 e. The van der Waals surface area contributed by atoms with E-state index in [4.69, 9.17) is 4.74 Å². The molecule has 6 heteroatoms. The Morgan fingerprint density at radius 2 is 2.05 bits per heavy atom. The average molecular weight is 287 g/mol. The Morgan fingerprint density at radius 1 is 1.29 bits per heavy atom. The normalized spacial score (nSPS) is 19.9. The molecule has 0 saturated carbocycles. The summed E-state index contributed by atoms with van der Waals surface area (Å²) < 4.78 is 5.86. The Hall–Kier alpha value is -1.79. The molecule has 0 aromatic carbocycles. The highest BCUT2D eigenvalue weighted by molar-refractivity contribution is 5.14. The topological polar surface area (TPSA) is 66.9 Å². The van der Waals surface area contributed by atoms with Gasteiger partial charge in [-0.15, -0.1) is 0 Å². The quantitative estimate of drug-likeness (QED) is 0.930.